The molecule has 0 bridgehead atoms. The number of aromatic nitrogens is 2. The summed E-state index contributed by atoms with van der Waals surface area (Å²) in [5, 5.41) is 9.60. The number of fused-ring (bicyclic) bond motifs is 2. The Labute approximate surface area is 184 Å². The van der Waals surface area contributed by atoms with Gasteiger partial charge in [0.2, 0.25) is 0 Å². The predicted octanol–water partition coefficient (Wildman–Crippen LogP) is 2.67. The summed E-state index contributed by atoms with van der Waals surface area (Å²) in [6, 6.07) is 1.34. The molecule has 0 aliphatic heterocycles. The number of methoxy groups -OCH3 is 1. The van der Waals surface area contributed by atoms with Gasteiger partial charge in [0.25, 0.3) is 11.5 Å². The minimum absolute atomic E-state index is 0.109. The van der Waals surface area contributed by atoms with E-state index in [4.69, 9.17) is 10.5 Å². The normalized spacial score (nSPS) is 26.7. The predicted molar refractivity (Wildman–Crippen MR) is 112 cm³/mol. The highest BCUT2D eigenvalue weighted by atomic mass is 32.1. The molecule has 172 valence electrons. The van der Waals surface area contributed by atoms with Crippen molar-refractivity contribution in [3.8, 4) is 0 Å². The molecule has 7 nitrogen and oxygen atoms in total. The second-order valence-electron chi connectivity index (χ2n) is 8.54. The molecule has 0 saturated heterocycles. The fourth-order valence-electron chi connectivity index (χ4n) is 4.92. The van der Waals surface area contributed by atoms with Gasteiger partial charge in [-0.1, -0.05) is 0 Å². The van der Waals surface area contributed by atoms with Crippen molar-refractivity contribution in [2.45, 2.75) is 55.6 Å². The van der Waals surface area contributed by atoms with Crippen molar-refractivity contribution in [1.29, 1.82) is 0 Å². The number of nitrogens with one attached hydrogen (secondary N) is 1. The fourth-order valence-corrected chi connectivity index (χ4v) is 6.27. The van der Waals surface area contributed by atoms with E-state index in [0.29, 0.717) is 15.3 Å². The van der Waals surface area contributed by atoms with Crippen LogP contribution < -0.4 is 17.0 Å². The van der Waals surface area contributed by atoms with Crippen molar-refractivity contribution in [2.75, 3.05) is 13.7 Å². The molecule has 11 heteroatoms. The van der Waals surface area contributed by atoms with Crippen molar-refractivity contribution in [3.63, 3.8) is 0 Å². The lowest BCUT2D eigenvalue weighted by Crippen LogP contribution is -2.40. The van der Waals surface area contributed by atoms with Crippen LogP contribution in [0, 0.1) is 0 Å². The van der Waals surface area contributed by atoms with Crippen LogP contribution in [0.5, 0.6) is 0 Å². The molecule has 5 rings (SSSR count). The van der Waals surface area contributed by atoms with E-state index in [1.54, 1.807) is 0 Å². The molecule has 1 saturated carbocycles. The number of aliphatic hydroxyl groups excluding tert-OH is 1. The lowest BCUT2D eigenvalue weighted by atomic mass is 9.82. The van der Waals surface area contributed by atoms with Gasteiger partial charge in [-0.25, -0.2) is 18.0 Å². The Morgan fingerprint density at radius 1 is 1.38 bits per heavy atom. The van der Waals surface area contributed by atoms with Gasteiger partial charge in [0.15, 0.2) is 0 Å². The van der Waals surface area contributed by atoms with Gasteiger partial charge >= 0.3 is 5.69 Å². The topological polar surface area (TPSA) is 110 Å². The van der Waals surface area contributed by atoms with E-state index in [9.17, 15) is 23.5 Å². The number of hydrogen-bond donors (Lipinski definition) is 3. The number of alkyl halides is 2. The summed E-state index contributed by atoms with van der Waals surface area (Å²) in [6.45, 7) is -0.728. The molecule has 0 spiro atoms. The third-order valence-electron chi connectivity index (χ3n) is 6.64. The van der Waals surface area contributed by atoms with Gasteiger partial charge in [-0.15, -0.1) is 11.3 Å². The Hall–Kier alpha value is -2.37. The number of nitrogens with zero attached hydrogens (tertiary/aromatic N) is 1. The van der Waals surface area contributed by atoms with E-state index in [0.717, 1.165) is 12.8 Å². The minimum Gasteiger partial charge on any atom is -0.396 e. The number of aryl methyl sites for hydroxylation is 1. The number of thiophene rings is 1. The summed E-state index contributed by atoms with van der Waals surface area (Å²) in [5.41, 5.74) is 4.64. The van der Waals surface area contributed by atoms with Crippen LogP contribution in [0.15, 0.2) is 21.5 Å². The van der Waals surface area contributed by atoms with E-state index in [2.05, 4.69) is 4.98 Å². The zero-order valence-corrected chi connectivity index (χ0v) is 18.0. The molecule has 4 N–H and O–H groups in total. The largest absolute Gasteiger partial charge is 0.396 e. The zero-order chi connectivity index (χ0) is 22.9. The van der Waals surface area contributed by atoms with E-state index in [-0.39, 0.29) is 29.4 Å². The molecule has 3 aliphatic rings. The first kappa shape index (κ1) is 21.5. The van der Waals surface area contributed by atoms with Crippen LogP contribution in [0.1, 0.15) is 69.8 Å². The first-order chi connectivity index (χ1) is 15.2. The summed E-state index contributed by atoms with van der Waals surface area (Å²) in [7, 11) is 1.34. The Balaban J connectivity index is 1.71. The smallest absolute Gasteiger partial charge is 0.328 e. The molecule has 1 fully saturated rings. The molecule has 0 amide bonds. The minimum atomic E-state index is -3.06. The average molecular weight is 469 g/mol. The maximum Gasteiger partial charge on any atom is 0.328 e. The number of halogens is 3. The van der Waals surface area contributed by atoms with Crippen molar-refractivity contribution >= 4 is 17.0 Å². The molecular weight excluding hydrogens is 447 g/mol. The Morgan fingerprint density at radius 2 is 2.09 bits per heavy atom. The lowest BCUT2D eigenvalue weighted by molar-refractivity contribution is -0.0555. The molecule has 3 unspecified atom stereocenters. The number of aromatic amines is 1. The van der Waals surface area contributed by atoms with Gasteiger partial charge in [0.05, 0.1) is 35.4 Å². The number of rotatable bonds is 4. The molecule has 3 atom stereocenters. The number of aliphatic hydroxyl groups is 1. The summed E-state index contributed by atoms with van der Waals surface area (Å²) in [6.07, 6.45) is 0.125. The Morgan fingerprint density at radius 3 is 2.72 bits per heavy atom. The van der Waals surface area contributed by atoms with E-state index < -0.39 is 54.0 Å². The number of nitrogens with two attached hydrogens (primary N) is 1. The second kappa shape index (κ2) is 7.32. The van der Waals surface area contributed by atoms with Crippen molar-refractivity contribution in [1.82, 2.24) is 9.55 Å². The van der Waals surface area contributed by atoms with Crippen LogP contribution in [-0.2, 0) is 11.2 Å². The molecule has 32 heavy (non-hydrogen) atoms. The van der Waals surface area contributed by atoms with Crippen LogP contribution in [0.3, 0.4) is 0 Å². The summed E-state index contributed by atoms with van der Waals surface area (Å²) in [5.74, 6) is -6.33. The highest BCUT2D eigenvalue weighted by Crippen LogP contribution is 2.53. The van der Waals surface area contributed by atoms with Crippen LogP contribution in [0.25, 0.3) is 5.70 Å². The highest BCUT2D eigenvalue weighted by molar-refractivity contribution is 7.12. The van der Waals surface area contributed by atoms with Gasteiger partial charge in [-0.2, -0.15) is 0 Å². The molecular formula is C21H22F3N3O4S. The van der Waals surface area contributed by atoms with E-state index in [1.165, 1.54) is 29.1 Å². The van der Waals surface area contributed by atoms with Crippen molar-refractivity contribution in [2.24, 2.45) is 5.73 Å². The third kappa shape index (κ3) is 3.01. The highest BCUT2D eigenvalue weighted by Gasteiger charge is 2.47. The number of ether oxygens (including phenoxy) is 1. The van der Waals surface area contributed by atoms with Gasteiger partial charge in [-0.3, -0.25) is 14.3 Å². The average Bonchev–Trinajstić information content (AvgIpc) is 3.48. The standard InChI is InChI=1S/C21H22F3N3O4S/c1-31-18-13(12-6-9-10(7-28)21(23,24)5-4-11(9)32-12)15(22)16(25)14-17(18)27(8-2-3-8)20(30)26-19(14)29/h6,8,10,13,18,28H,2-5,7,25H2,1H3,(H,26,29,30). The van der Waals surface area contributed by atoms with Gasteiger partial charge in [0, 0.05) is 29.3 Å². The Kier molecular flexibility index (Phi) is 4.91. The number of H-pyrrole nitrogens is 1. The first-order valence-electron chi connectivity index (χ1n) is 10.4. The summed E-state index contributed by atoms with van der Waals surface area (Å²) >= 11 is 1.17. The zero-order valence-electron chi connectivity index (χ0n) is 17.2. The third-order valence-corrected chi connectivity index (χ3v) is 7.93. The quantitative estimate of drug-likeness (QED) is 0.638. The van der Waals surface area contributed by atoms with Crippen LogP contribution in [-0.4, -0.2) is 34.3 Å². The molecule has 2 aromatic rings. The molecule has 2 aromatic heterocycles. The SMILES string of the molecule is COC1c2c(c(=O)[nH]c(=O)n2C2CC2)C(N)=C(F)C1c1cc2c(s1)CCC(F)(F)C2CO. The number of hydrogen-bond acceptors (Lipinski definition) is 6. The molecule has 2 heterocycles. The summed E-state index contributed by atoms with van der Waals surface area (Å²) in [4.78, 5) is 28.4. The monoisotopic (exact) mass is 469 g/mol. The molecule has 0 radical (unpaired) electrons. The van der Waals surface area contributed by atoms with Crippen LogP contribution >= 0.6 is 11.3 Å². The van der Waals surface area contributed by atoms with Crippen LogP contribution in [0.4, 0.5) is 13.2 Å². The van der Waals surface area contributed by atoms with Gasteiger partial charge < -0.3 is 15.6 Å². The summed E-state index contributed by atoms with van der Waals surface area (Å²) < 4.78 is 51.4. The van der Waals surface area contributed by atoms with E-state index >= 15 is 4.39 Å². The van der Waals surface area contributed by atoms with Gasteiger partial charge in [0.1, 0.15) is 11.9 Å². The van der Waals surface area contributed by atoms with E-state index in [1.807, 2.05) is 0 Å². The Bertz CT molecular complexity index is 1240. The van der Waals surface area contributed by atoms with Gasteiger partial charge in [-0.05, 0) is 30.9 Å². The molecule has 3 aliphatic carbocycles. The second-order valence-corrected chi connectivity index (χ2v) is 9.71. The first-order valence-corrected chi connectivity index (χ1v) is 11.2. The van der Waals surface area contributed by atoms with Crippen molar-refractivity contribution < 1.29 is 23.0 Å². The fraction of sp³-hybridized carbons (Fsp3) is 0.524. The van der Waals surface area contributed by atoms with Crippen LogP contribution in [0.2, 0.25) is 0 Å². The van der Waals surface area contributed by atoms with Crippen molar-refractivity contribution in [3.05, 3.63) is 59.3 Å². The maximum absolute atomic E-state index is 15.6. The lowest BCUT2D eigenvalue weighted by Gasteiger charge is -2.32. The maximum atomic E-state index is 15.6. The molecule has 0 aromatic carbocycles.